The lowest BCUT2D eigenvalue weighted by Gasteiger charge is -2.08. The Labute approximate surface area is 78.5 Å². The third kappa shape index (κ3) is 2.92. The van der Waals surface area contributed by atoms with Gasteiger partial charge in [-0.1, -0.05) is 30.8 Å². The highest BCUT2D eigenvalue weighted by atomic mass is 16.5. The molecule has 0 saturated carbocycles. The van der Waals surface area contributed by atoms with Crippen LogP contribution in [0.2, 0.25) is 0 Å². The number of hydrogen-bond acceptors (Lipinski definition) is 2. The van der Waals surface area contributed by atoms with Crippen molar-refractivity contribution < 1.29 is 9.84 Å². The Morgan fingerprint density at radius 1 is 1.38 bits per heavy atom. The second kappa shape index (κ2) is 4.67. The fraction of sp³-hybridized carbons (Fsp3) is 0.273. The molecule has 1 aromatic carbocycles. The van der Waals surface area contributed by atoms with Crippen LogP contribution in [0, 0.1) is 0 Å². The second-order valence-corrected chi connectivity index (χ2v) is 2.92. The summed E-state index contributed by atoms with van der Waals surface area (Å²) in [5, 5.41) is 9.01. The summed E-state index contributed by atoms with van der Waals surface area (Å²) in [5.74, 6) is 0.688. The van der Waals surface area contributed by atoms with Gasteiger partial charge in [-0.3, -0.25) is 0 Å². The minimum atomic E-state index is 0.0513. The van der Waals surface area contributed by atoms with Crippen LogP contribution in [0.15, 0.2) is 36.6 Å². The lowest BCUT2D eigenvalue weighted by molar-refractivity contribution is 0.198. The topological polar surface area (TPSA) is 29.5 Å². The van der Waals surface area contributed by atoms with Crippen molar-refractivity contribution in [3.63, 3.8) is 0 Å². The Bertz CT molecular complexity index is 292. The van der Waals surface area contributed by atoms with E-state index in [0.717, 1.165) is 11.1 Å². The van der Waals surface area contributed by atoms with Crippen molar-refractivity contribution in [3.8, 4) is 0 Å². The fourth-order valence-corrected chi connectivity index (χ4v) is 1.05. The summed E-state index contributed by atoms with van der Waals surface area (Å²) < 4.78 is 5.26. The number of hydrogen-bond donors (Lipinski definition) is 1. The van der Waals surface area contributed by atoms with Gasteiger partial charge in [0.05, 0.1) is 12.4 Å². The van der Waals surface area contributed by atoms with Crippen molar-refractivity contribution in [2.45, 2.75) is 20.1 Å². The van der Waals surface area contributed by atoms with Crippen molar-refractivity contribution in [2.75, 3.05) is 0 Å². The van der Waals surface area contributed by atoms with Crippen molar-refractivity contribution in [2.24, 2.45) is 0 Å². The number of rotatable bonds is 4. The smallest absolute Gasteiger partial charge is 0.113 e. The molecule has 0 aliphatic rings. The first-order chi connectivity index (χ1) is 6.24. The van der Waals surface area contributed by atoms with Gasteiger partial charge in [-0.15, -0.1) is 0 Å². The molecule has 0 spiro atoms. The average Bonchev–Trinajstić information content (AvgIpc) is 2.15. The largest absolute Gasteiger partial charge is 0.494 e. The molecule has 1 N–H and O–H groups in total. The van der Waals surface area contributed by atoms with Gasteiger partial charge in [-0.05, 0) is 18.1 Å². The summed E-state index contributed by atoms with van der Waals surface area (Å²) in [5.41, 5.74) is 1.91. The molecule has 2 heteroatoms. The van der Waals surface area contributed by atoms with Crippen LogP contribution in [0.3, 0.4) is 0 Å². The number of aliphatic hydroxyl groups is 1. The zero-order chi connectivity index (χ0) is 9.68. The molecule has 0 aromatic heterocycles. The lowest BCUT2D eigenvalue weighted by Crippen LogP contribution is -1.96. The number of benzene rings is 1. The highest BCUT2D eigenvalue weighted by molar-refractivity contribution is 5.25. The minimum absolute atomic E-state index is 0.0513. The first-order valence-corrected chi connectivity index (χ1v) is 4.20. The third-order valence-electron chi connectivity index (χ3n) is 1.76. The van der Waals surface area contributed by atoms with Gasteiger partial charge in [-0.2, -0.15) is 0 Å². The lowest BCUT2D eigenvalue weighted by atomic mass is 10.1. The number of aliphatic hydroxyl groups excluding tert-OH is 1. The van der Waals surface area contributed by atoms with Crippen LogP contribution < -0.4 is 0 Å². The average molecular weight is 178 g/mol. The van der Waals surface area contributed by atoms with Crippen molar-refractivity contribution in [1.82, 2.24) is 0 Å². The van der Waals surface area contributed by atoms with E-state index in [-0.39, 0.29) is 6.61 Å². The molecule has 0 atom stereocenters. The van der Waals surface area contributed by atoms with Crippen molar-refractivity contribution in [1.29, 1.82) is 0 Å². The first kappa shape index (κ1) is 9.81. The minimum Gasteiger partial charge on any atom is -0.494 e. The molecule has 0 amide bonds. The molecule has 0 heterocycles. The van der Waals surface area contributed by atoms with E-state index in [1.165, 1.54) is 0 Å². The molecule has 0 fully saturated rings. The Morgan fingerprint density at radius 2 is 2.00 bits per heavy atom. The molecule has 2 nitrogen and oxygen atoms in total. The Morgan fingerprint density at radius 3 is 2.54 bits per heavy atom. The van der Waals surface area contributed by atoms with Gasteiger partial charge in [0.2, 0.25) is 0 Å². The molecule has 0 unspecified atom stereocenters. The predicted octanol–water partition coefficient (Wildman–Crippen LogP) is 2.23. The van der Waals surface area contributed by atoms with Crippen LogP contribution >= 0.6 is 0 Å². The van der Waals surface area contributed by atoms with E-state index in [9.17, 15) is 0 Å². The van der Waals surface area contributed by atoms with Crippen LogP contribution in [0.5, 0.6) is 0 Å². The predicted molar refractivity (Wildman–Crippen MR) is 52.0 cm³/mol. The van der Waals surface area contributed by atoms with E-state index in [1.807, 2.05) is 31.2 Å². The molecule has 0 bridgehead atoms. The SMILES string of the molecule is C=C(C)OCc1ccccc1CO. The quantitative estimate of drug-likeness (QED) is 0.716. The Balaban J connectivity index is 2.69. The molecule has 1 rings (SSSR count). The molecule has 70 valence electrons. The Kier molecular flexibility index (Phi) is 3.53. The second-order valence-electron chi connectivity index (χ2n) is 2.92. The van der Waals surface area contributed by atoms with Gasteiger partial charge >= 0.3 is 0 Å². The van der Waals surface area contributed by atoms with E-state index in [4.69, 9.17) is 9.84 Å². The maximum absolute atomic E-state index is 9.01. The monoisotopic (exact) mass is 178 g/mol. The van der Waals surface area contributed by atoms with Crippen molar-refractivity contribution in [3.05, 3.63) is 47.7 Å². The van der Waals surface area contributed by atoms with E-state index >= 15 is 0 Å². The molecule has 1 aromatic rings. The van der Waals surface area contributed by atoms with Gasteiger partial charge < -0.3 is 9.84 Å². The first-order valence-electron chi connectivity index (χ1n) is 4.20. The summed E-state index contributed by atoms with van der Waals surface area (Å²) >= 11 is 0. The van der Waals surface area contributed by atoms with Crippen LogP contribution in [0.25, 0.3) is 0 Å². The highest BCUT2D eigenvalue weighted by Gasteiger charge is 1.99. The van der Waals surface area contributed by atoms with Gasteiger partial charge in [0, 0.05) is 0 Å². The van der Waals surface area contributed by atoms with E-state index in [0.29, 0.717) is 12.4 Å². The van der Waals surface area contributed by atoms with Crippen LogP contribution in [0.1, 0.15) is 18.1 Å². The van der Waals surface area contributed by atoms with Gasteiger partial charge in [0.25, 0.3) is 0 Å². The molecular formula is C11H14O2. The molecule has 0 aliphatic heterocycles. The van der Waals surface area contributed by atoms with E-state index in [2.05, 4.69) is 6.58 Å². The maximum Gasteiger partial charge on any atom is 0.113 e. The zero-order valence-corrected chi connectivity index (χ0v) is 7.79. The van der Waals surface area contributed by atoms with Gasteiger partial charge in [0.1, 0.15) is 6.61 Å². The number of allylic oxidation sites excluding steroid dienone is 1. The zero-order valence-electron chi connectivity index (χ0n) is 7.79. The summed E-state index contributed by atoms with van der Waals surface area (Å²) in [6.07, 6.45) is 0. The fourth-order valence-electron chi connectivity index (χ4n) is 1.05. The van der Waals surface area contributed by atoms with Gasteiger partial charge in [0.15, 0.2) is 0 Å². The van der Waals surface area contributed by atoms with Crippen LogP contribution in [-0.2, 0) is 18.0 Å². The van der Waals surface area contributed by atoms with Crippen LogP contribution in [-0.4, -0.2) is 5.11 Å². The summed E-state index contributed by atoms with van der Waals surface area (Å²) in [6, 6.07) is 7.65. The third-order valence-corrected chi connectivity index (χ3v) is 1.76. The summed E-state index contributed by atoms with van der Waals surface area (Å²) in [7, 11) is 0. The summed E-state index contributed by atoms with van der Waals surface area (Å²) in [6.45, 7) is 5.98. The molecule has 0 saturated heterocycles. The summed E-state index contributed by atoms with van der Waals surface area (Å²) in [4.78, 5) is 0. The van der Waals surface area contributed by atoms with Gasteiger partial charge in [-0.25, -0.2) is 0 Å². The molecular weight excluding hydrogens is 164 g/mol. The molecule has 13 heavy (non-hydrogen) atoms. The van der Waals surface area contributed by atoms with E-state index in [1.54, 1.807) is 0 Å². The van der Waals surface area contributed by atoms with Crippen LogP contribution in [0.4, 0.5) is 0 Å². The normalized spacial score (nSPS) is 9.69. The maximum atomic E-state index is 9.01. The molecule has 0 aliphatic carbocycles. The Hall–Kier alpha value is -1.28. The highest BCUT2D eigenvalue weighted by Crippen LogP contribution is 2.11. The van der Waals surface area contributed by atoms with E-state index < -0.39 is 0 Å². The number of ether oxygens (including phenoxy) is 1. The molecule has 0 radical (unpaired) electrons. The van der Waals surface area contributed by atoms with Crippen molar-refractivity contribution >= 4 is 0 Å². The standard InChI is InChI=1S/C11H14O2/c1-9(2)13-8-11-6-4-3-5-10(11)7-12/h3-6,12H,1,7-8H2,2H3.